The molecule has 1 rings (SSSR count). The Morgan fingerprint density at radius 2 is 2.00 bits per heavy atom. The van der Waals surface area contributed by atoms with E-state index in [2.05, 4.69) is 25.7 Å². The van der Waals surface area contributed by atoms with Crippen molar-refractivity contribution in [2.24, 2.45) is 5.92 Å². The van der Waals surface area contributed by atoms with Gasteiger partial charge in [-0.05, 0) is 31.8 Å². The van der Waals surface area contributed by atoms with Crippen LogP contribution in [0.15, 0.2) is 0 Å². The lowest BCUT2D eigenvalue weighted by Gasteiger charge is -2.31. The summed E-state index contributed by atoms with van der Waals surface area (Å²) >= 11 is 0. The molecule has 1 aliphatic heterocycles. The highest BCUT2D eigenvalue weighted by Gasteiger charge is 2.21. The molecule has 0 aromatic carbocycles. The van der Waals surface area contributed by atoms with Gasteiger partial charge in [-0.15, -0.1) is 0 Å². The van der Waals surface area contributed by atoms with Crippen molar-refractivity contribution in [2.75, 3.05) is 13.1 Å². The maximum absolute atomic E-state index is 2.66. The van der Waals surface area contributed by atoms with Gasteiger partial charge >= 0.3 is 0 Å². The smallest absolute Gasteiger partial charge is 0.0118 e. The van der Waals surface area contributed by atoms with Gasteiger partial charge in [-0.2, -0.15) is 0 Å². The summed E-state index contributed by atoms with van der Waals surface area (Å²) < 4.78 is 0. The molecule has 1 heterocycles. The van der Waals surface area contributed by atoms with E-state index < -0.39 is 0 Å². The van der Waals surface area contributed by atoms with Crippen LogP contribution in [0.5, 0.6) is 0 Å². The Balaban J connectivity index is 2.51. The molecule has 1 heteroatoms. The van der Waals surface area contributed by atoms with E-state index in [0.717, 1.165) is 12.0 Å². The molecule has 0 amide bonds. The molecule has 1 fully saturated rings. The van der Waals surface area contributed by atoms with E-state index in [1.54, 1.807) is 0 Å². The minimum Gasteiger partial charge on any atom is -0.300 e. The van der Waals surface area contributed by atoms with Crippen molar-refractivity contribution in [3.8, 4) is 0 Å². The van der Waals surface area contributed by atoms with Crippen molar-refractivity contribution in [3.63, 3.8) is 0 Å². The quantitative estimate of drug-likeness (QED) is 0.614. The zero-order chi connectivity index (χ0) is 8.97. The minimum atomic E-state index is 0.836. The third kappa shape index (κ3) is 2.48. The second-order valence-electron chi connectivity index (χ2n) is 4.29. The first-order chi connectivity index (χ1) is 5.75. The lowest BCUT2D eigenvalue weighted by molar-refractivity contribution is 0.165. The fourth-order valence-corrected chi connectivity index (χ4v) is 2.34. The van der Waals surface area contributed by atoms with Crippen molar-refractivity contribution < 1.29 is 0 Å². The molecule has 0 radical (unpaired) electrons. The van der Waals surface area contributed by atoms with Gasteiger partial charge in [-0.1, -0.05) is 33.6 Å². The Morgan fingerprint density at radius 3 is 2.58 bits per heavy atom. The first-order valence-electron chi connectivity index (χ1n) is 5.49. The van der Waals surface area contributed by atoms with Crippen LogP contribution in [-0.4, -0.2) is 24.0 Å². The largest absolute Gasteiger partial charge is 0.300 e. The lowest BCUT2D eigenvalue weighted by Crippen LogP contribution is -2.38. The predicted octanol–water partition coefficient (Wildman–Crippen LogP) is 2.91. The number of nitrogens with zero attached hydrogens (tertiary/aromatic N) is 1. The van der Waals surface area contributed by atoms with Gasteiger partial charge in [0, 0.05) is 6.04 Å². The van der Waals surface area contributed by atoms with Crippen LogP contribution in [0.2, 0.25) is 0 Å². The fourth-order valence-electron chi connectivity index (χ4n) is 2.34. The molecule has 1 saturated heterocycles. The van der Waals surface area contributed by atoms with Crippen LogP contribution < -0.4 is 0 Å². The topological polar surface area (TPSA) is 3.24 Å². The first kappa shape index (κ1) is 10.0. The maximum Gasteiger partial charge on any atom is 0.0118 e. The standard InChI is InChI=1S/C11H23N/c1-4-12-9-7-5-6-8-11(12)10(2)3/h10-11H,4-9H2,1-3H3. The molecule has 1 nitrogen and oxygen atoms in total. The normalized spacial score (nSPS) is 27.5. The predicted molar refractivity (Wildman–Crippen MR) is 54.3 cm³/mol. The van der Waals surface area contributed by atoms with Crippen molar-refractivity contribution in [1.29, 1.82) is 0 Å². The monoisotopic (exact) mass is 169 g/mol. The molecule has 0 aromatic heterocycles. The molecule has 0 aromatic rings. The Morgan fingerprint density at radius 1 is 1.25 bits per heavy atom. The van der Waals surface area contributed by atoms with Gasteiger partial charge in [-0.3, -0.25) is 0 Å². The molecular formula is C11H23N. The van der Waals surface area contributed by atoms with E-state index in [0.29, 0.717) is 0 Å². The van der Waals surface area contributed by atoms with Crippen LogP contribution in [0.3, 0.4) is 0 Å². The Labute approximate surface area is 77.1 Å². The van der Waals surface area contributed by atoms with E-state index in [-0.39, 0.29) is 0 Å². The summed E-state index contributed by atoms with van der Waals surface area (Å²) in [5.74, 6) is 0.836. The third-order valence-corrected chi connectivity index (χ3v) is 3.09. The van der Waals surface area contributed by atoms with Gasteiger partial charge in [0.15, 0.2) is 0 Å². The maximum atomic E-state index is 2.66. The first-order valence-corrected chi connectivity index (χ1v) is 5.49. The molecule has 72 valence electrons. The Bertz CT molecular complexity index is 120. The second-order valence-corrected chi connectivity index (χ2v) is 4.29. The van der Waals surface area contributed by atoms with Crippen LogP contribution in [0, 0.1) is 5.92 Å². The van der Waals surface area contributed by atoms with Crippen LogP contribution in [0.4, 0.5) is 0 Å². The molecule has 0 N–H and O–H groups in total. The summed E-state index contributed by atoms with van der Waals surface area (Å²) in [4.78, 5) is 2.66. The Kier molecular flexibility index (Phi) is 4.07. The van der Waals surface area contributed by atoms with E-state index in [1.165, 1.54) is 38.8 Å². The lowest BCUT2D eigenvalue weighted by atomic mass is 9.98. The minimum absolute atomic E-state index is 0.836. The molecular weight excluding hydrogens is 146 g/mol. The van der Waals surface area contributed by atoms with Gasteiger partial charge in [0.2, 0.25) is 0 Å². The van der Waals surface area contributed by atoms with E-state index >= 15 is 0 Å². The van der Waals surface area contributed by atoms with Crippen molar-refractivity contribution in [3.05, 3.63) is 0 Å². The summed E-state index contributed by atoms with van der Waals surface area (Å²) in [7, 11) is 0. The highest BCUT2D eigenvalue weighted by atomic mass is 15.2. The van der Waals surface area contributed by atoms with Crippen LogP contribution in [0.25, 0.3) is 0 Å². The van der Waals surface area contributed by atoms with Crippen LogP contribution in [0.1, 0.15) is 46.5 Å². The summed E-state index contributed by atoms with van der Waals surface area (Å²) in [5, 5.41) is 0. The summed E-state index contributed by atoms with van der Waals surface area (Å²) in [6, 6.07) is 0.859. The van der Waals surface area contributed by atoms with Crippen molar-refractivity contribution in [2.45, 2.75) is 52.5 Å². The number of likely N-dealkylation sites (tertiary alicyclic amines) is 1. The molecule has 1 unspecified atom stereocenters. The molecule has 1 aliphatic rings. The van der Waals surface area contributed by atoms with E-state index in [9.17, 15) is 0 Å². The van der Waals surface area contributed by atoms with Gasteiger partial charge in [0.25, 0.3) is 0 Å². The zero-order valence-corrected chi connectivity index (χ0v) is 8.84. The third-order valence-electron chi connectivity index (χ3n) is 3.09. The molecule has 1 atom stereocenters. The zero-order valence-electron chi connectivity index (χ0n) is 8.84. The summed E-state index contributed by atoms with van der Waals surface area (Å²) in [6.45, 7) is 9.58. The fraction of sp³-hybridized carbons (Fsp3) is 1.00. The van der Waals surface area contributed by atoms with Crippen LogP contribution >= 0.6 is 0 Å². The second kappa shape index (κ2) is 4.86. The average Bonchev–Trinajstić information content (AvgIpc) is 2.27. The number of hydrogen-bond acceptors (Lipinski definition) is 1. The molecule has 0 saturated carbocycles. The highest BCUT2D eigenvalue weighted by Crippen LogP contribution is 2.21. The van der Waals surface area contributed by atoms with Gasteiger partial charge in [0.05, 0.1) is 0 Å². The van der Waals surface area contributed by atoms with Gasteiger partial charge < -0.3 is 4.90 Å². The van der Waals surface area contributed by atoms with E-state index in [4.69, 9.17) is 0 Å². The van der Waals surface area contributed by atoms with Gasteiger partial charge in [-0.25, -0.2) is 0 Å². The molecule has 0 spiro atoms. The molecule has 0 bridgehead atoms. The molecule has 0 aliphatic carbocycles. The molecule has 12 heavy (non-hydrogen) atoms. The van der Waals surface area contributed by atoms with Crippen LogP contribution in [-0.2, 0) is 0 Å². The van der Waals surface area contributed by atoms with Crippen molar-refractivity contribution >= 4 is 0 Å². The summed E-state index contributed by atoms with van der Waals surface area (Å²) in [5.41, 5.74) is 0. The Hall–Kier alpha value is -0.0400. The number of rotatable bonds is 2. The van der Waals surface area contributed by atoms with E-state index in [1.807, 2.05) is 0 Å². The number of hydrogen-bond donors (Lipinski definition) is 0. The average molecular weight is 169 g/mol. The van der Waals surface area contributed by atoms with Gasteiger partial charge in [0.1, 0.15) is 0 Å². The SMILES string of the molecule is CCN1CCCCCC1C(C)C. The van der Waals surface area contributed by atoms with Crippen molar-refractivity contribution in [1.82, 2.24) is 4.90 Å². The summed E-state index contributed by atoms with van der Waals surface area (Å²) in [6.07, 6.45) is 5.72. The highest BCUT2D eigenvalue weighted by molar-refractivity contribution is 4.76.